The van der Waals surface area contributed by atoms with Crippen LogP contribution in [-0.4, -0.2) is 19.3 Å². The van der Waals surface area contributed by atoms with Crippen LogP contribution >= 0.6 is 0 Å². The molecule has 43 heavy (non-hydrogen) atoms. The number of benzene rings is 2. The second kappa shape index (κ2) is 14.0. The monoisotopic (exact) mass is 591 g/mol. The van der Waals surface area contributed by atoms with Gasteiger partial charge in [-0.05, 0) is 109 Å². The SMILES string of the molecule is CC.CCC(C)(C)CC(C)(C)c1cc(C)c(N2CCCN(c3c(C)cc(C(C)(C)CC(C)(C)CC)cc3C)C2C)c(C)c1. The largest absolute Gasteiger partial charge is 0.351 e. The Hall–Kier alpha value is -1.96. The third kappa shape index (κ3) is 8.61. The van der Waals surface area contributed by atoms with Crippen LogP contribution in [0, 0.1) is 38.5 Å². The van der Waals surface area contributed by atoms with Crippen molar-refractivity contribution in [2.24, 2.45) is 10.8 Å². The topological polar surface area (TPSA) is 6.48 Å². The van der Waals surface area contributed by atoms with Gasteiger partial charge >= 0.3 is 0 Å². The van der Waals surface area contributed by atoms with Gasteiger partial charge in [-0.1, -0.05) is 120 Å². The average molecular weight is 591 g/mol. The third-order valence-corrected chi connectivity index (χ3v) is 10.6. The van der Waals surface area contributed by atoms with E-state index in [-0.39, 0.29) is 10.8 Å². The minimum atomic E-state index is 0.156. The Morgan fingerprint density at radius 3 is 1.12 bits per heavy atom. The van der Waals surface area contributed by atoms with Crippen molar-refractivity contribution >= 4 is 11.4 Å². The summed E-state index contributed by atoms with van der Waals surface area (Å²) in [6, 6.07) is 9.96. The fourth-order valence-corrected chi connectivity index (χ4v) is 8.00. The first-order chi connectivity index (χ1) is 19.7. The predicted molar refractivity (Wildman–Crippen MR) is 195 cm³/mol. The highest BCUT2D eigenvalue weighted by Crippen LogP contribution is 2.43. The van der Waals surface area contributed by atoms with Crippen molar-refractivity contribution in [3.63, 3.8) is 0 Å². The first-order valence-corrected chi connectivity index (χ1v) is 17.5. The number of nitrogens with zero attached hydrogens (tertiary/aromatic N) is 2. The van der Waals surface area contributed by atoms with Crippen LogP contribution in [0.1, 0.15) is 155 Å². The molecule has 1 aliphatic heterocycles. The summed E-state index contributed by atoms with van der Waals surface area (Å²) in [5, 5.41) is 0. The molecule has 2 aromatic rings. The van der Waals surface area contributed by atoms with Crippen molar-refractivity contribution in [1.82, 2.24) is 0 Å². The molecule has 0 radical (unpaired) electrons. The van der Waals surface area contributed by atoms with Crippen molar-refractivity contribution in [2.75, 3.05) is 22.9 Å². The third-order valence-electron chi connectivity index (χ3n) is 10.6. The molecule has 2 aromatic carbocycles. The highest BCUT2D eigenvalue weighted by molar-refractivity contribution is 5.67. The van der Waals surface area contributed by atoms with Gasteiger partial charge in [0.25, 0.3) is 0 Å². The van der Waals surface area contributed by atoms with E-state index in [1.54, 1.807) is 0 Å². The number of rotatable bonds is 10. The summed E-state index contributed by atoms with van der Waals surface area (Å²) in [6.45, 7) is 42.0. The first kappa shape index (κ1) is 37.2. The van der Waals surface area contributed by atoms with Crippen LogP contribution in [0.3, 0.4) is 0 Å². The lowest BCUT2D eigenvalue weighted by molar-refractivity contribution is 0.248. The molecule has 244 valence electrons. The van der Waals surface area contributed by atoms with Gasteiger partial charge in [-0.25, -0.2) is 0 Å². The lowest BCUT2D eigenvalue weighted by Gasteiger charge is -2.47. The van der Waals surface area contributed by atoms with Gasteiger partial charge in [0.2, 0.25) is 0 Å². The van der Waals surface area contributed by atoms with Crippen molar-refractivity contribution in [1.29, 1.82) is 0 Å². The van der Waals surface area contributed by atoms with E-state index < -0.39 is 0 Å². The summed E-state index contributed by atoms with van der Waals surface area (Å²) < 4.78 is 0. The minimum Gasteiger partial charge on any atom is -0.351 e. The fraction of sp³-hybridized carbons (Fsp3) is 0.707. The van der Waals surface area contributed by atoms with Crippen LogP contribution in [0.2, 0.25) is 0 Å². The Morgan fingerprint density at radius 2 is 0.860 bits per heavy atom. The fourth-order valence-electron chi connectivity index (χ4n) is 8.00. The van der Waals surface area contributed by atoms with E-state index in [9.17, 15) is 0 Å². The molecule has 0 unspecified atom stereocenters. The van der Waals surface area contributed by atoms with E-state index in [4.69, 9.17) is 0 Å². The van der Waals surface area contributed by atoms with Gasteiger partial charge < -0.3 is 9.80 Å². The Balaban J connectivity index is 0.00000316. The van der Waals surface area contributed by atoms with Crippen molar-refractivity contribution in [3.05, 3.63) is 57.6 Å². The summed E-state index contributed by atoms with van der Waals surface area (Å²) >= 11 is 0. The van der Waals surface area contributed by atoms with Crippen LogP contribution in [0.4, 0.5) is 11.4 Å². The number of anilines is 2. The Labute approximate surface area is 269 Å². The lowest BCUT2D eigenvalue weighted by Crippen LogP contribution is -2.53. The van der Waals surface area contributed by atoms with Crippen LogP contribution in [0.25, 0.3) is 0 Å². The maximum absolute atomic E-state index is 2.68. The van der Waals surface area contributed by atoms with Gasteiger partial charge in [0.1, 0.15) is 0 Å². The van der Waals surface area contributed by atoms with Crippen molar-refractivity contribution in [2.45, 2.75) is 167 Å². The van der Waals surface area contributed by atoms with Gasteiger partial charge in [-0.2, -0.15) is 0 Å². The highest BCUT2D eigenvalue weighted by atomic mass is 15.4. The van der Waals surface area contributed by atoms with E-state index in [0.717, 1.165) is 13.1 Å². The molecule has 1 heterocycles. The second-order valence-electron chi connectivity index (χ2n) is 16.4. The highest BCUT2D eigenvalue weighted by Gasteiger charge is 2.34. The average Bonchev–Trinajstić information content (AvgIpc) is 2.89. The number of aryl methyl sites for hydroxylation is 4. The van der Waals surface area contributed by atoms with E-state index in [2.05, 4.69) is 138 Å². The molecule has 1 saturated heterocycles. The van der Waals surface area contributed by atoms with E-state index in [0.29, 0.717) is 17.0 Å². The molecule has 0 aromatic heterocycles. The molecule has 2 heteroatoms. The molecule has 1 aliphatic rings. The molecule has 0 atom stereocenters. The van der Waals surface area contributed by atoms with Gasteiger partial charge in [-0.3, -0.25) is 0 Å². The quantitative estimate of drug-likeness (QED) is 0.271. The summed E-state index contributed by atoms with van der Waals surface area (Å²) in [5.74, 6) is 0. The molecule has 0 spiro atoms. The van der Waals surface area contributed by atoms with Crippen LogP contribution in [-0.2, 0) is 10.8 Å². The molecule has 3 rings (SSSR count). The zero-order valence-electron chi connectivity index (χ0n) is 31.7. The number of hydrogen-bond acceptors (Lipinski definition) is 2. The molecule has 0 saturated carbocycles. The maximum Gasteiger partial charge on any atom is 0.0987 e. The van der Waals surface area contributed by atoms with Crippen LogP contribution in [0.5, 0.6) is 0 Å². The van der Waals surface area contributed by atoms with Crippen molar-refractivity contribution in [3.8, 4) is 0 Å². The van der Waals surface area contributed by atoms with Gasteiger partial charge in [-0.15, -0.1) is 0 Å². The maximum atomic E-state index is 2.68. The Bertz CT molecular complexity index is 1070. The predicted octanol–water partition coefficient (Wildman–Crippen LogP) is 12.2. The summed E-state index contributed by atoms with van der Waals surface area (Å²) in [6.07, 6.45) is 6.31. The lowest BCUT2D eigenvalue weighted by atomic mass is 9.70. The first-order valence-electron chi connectivity index (χ1n) is 17.5. The standard InChI is InChI=1S/C39H64N2.C2H6/c1-16-36(8,9)25-38(12,13)32-21-27(3)34(28(4)22-32)40-19-18-20-41(31(40)7)35-29(5)23-33(24-30(35)6)39(14,15)26-37(10,11)17-2;1-2/h21-24,31H,16-20,25-26H2,1-15H3;1-2H3. The molecule has 2 nitrogen and oxygen atoms in total. The summed E-state index contributed by atoms with van der Waals surface area (Å²) in [5.41, 5.74) is 12.5. The molecular weight excluding hydrogens is 520 g/mol. The van der Waals surface area contributed by atoms with Gasteiger partial charge in [0.15, 0.2) is 0 Å². The zero-order valence-corrected chi connectivity index (χ0v) is 31.7. The van der Waals surface area contributed by atoms with E-state index in [1.165, 1.54) is 76.9 Å². The van der Waals surface area contributed by atoms with Gasteiger partial charge in [0, 0.05) is 24.5 Å². The number of hydrogen-bond donors (Lipinski definition) is 0. The Kier molecular flexibility index (Phi) is 12.1. The van der Waals surface area contributed by atoms with Crippen LogP contribution < -0.4 is 9.80 Å². The molecular formula is C41H70N2. The summed E-state index contributed by atoms with van der Waals surface area (Å²) in [4.78, 5) is 5.36. The Morgan fingerprint density at radius 1 is 0.581 bits per heavy atom. The van der Waals surface area contributed by atoms with Crippen LogP contribution in [0.15, 0.2) is 24.3 Å². The molecule has 0 N–H and O–H groups in total. The van der Waals surface area contributed by atoms with Crippen molar-refractivity contribution < 1.29 is 0 Å². The van der Waals surface area contributed by atoms with E-state index in [1.807, 2.05) is 13.8 Å². The minimum absolute atomic E-state index is 0.156. The van der Waals surface area contributed by atoms with Gasteiger partial charge in [0.05, 0.1) is 6.17 Å². The molecule has 0 bridgehead atoms. The normalized spacial score (nSPS) is 15.5. The smallest absolute Gasteiger partial charge is 0.0987 e. The molecule has 0 amide bonds. The van der Waals surface area contributed by atoms with E-state index >= 15 is 0 Å². The zero-order chi connectivity index (χ0) is 33.1. The molecule has 1 fully saturated rings. The second-order valence-corrected chi connectivity index (χ2v) is 16.4. The summed E-state index contributed by atoms with van der Waals surface area (Å²) in [7, 11) is 0. The molecule has 0 aliphatic carbocycles.